The molecule has 6 unspecified atom stereocenters. The lowest BCUT2D eigenvalue weighted by Gasteiger charge is -2.43. The number of rotatable bonds is 2. The van der Waals surface area contributed by atoms with E-state index in [0.29, 0.717) is 33.6 Å². The van der Waals surface area contributed by atoms with Gasteiger partial charge in [-0.05, 0) is 29.4 Å². The third kappa shape index (κ3) is 2.91. The Morgan fingerprint density at radius 1 is 0.652 bits per heavy atom. The van der Waals surface area contributed by atoms with E-state index in [1.54, 1.807) is 0 Å². The fourth-order valence-corrected chi connectivity index (χ4v) is 6.80. The molecule has 0 bridgehead atoms. The van der Waals surface area contributed by atoms with E-state index in [1.165, 1.54) is 11.1 Å². The number of fused-ring (bicyclic) bond motifs is 1. The lowest BCUT2D eigenvalue weighted by molar-refractivity contribution is 0.143. The lowest BCUT2D eigenvalue weighted by atomic mass is 9.77. The summed E-state index contributed by atoms with van der Waals surface area (Å²) in [6.45, 7) is 0. The predicted molar refractivity (Wildman–Crippen MR) is 102 cm³/mol. The van der Waals surface area contributed by atoms with E-state index in [0.717, 1.165) is 6.42 Å². The van der Waals surface area contributed by atoms with Crippen LogP contribution < -0.4 is 10.9 Å². The van der Waals surface area contributed by atoms with Crippen LogP contribution in [0.4, 0.5) is 0 Å². The van der Waals surface area contributed by atoms with Crippen molar-refractivity contribution in [1.82, 2.24) is 10.9 Å². The molecule has 2 nitrogen and oxygen atoms in total. The van der Waals surface area contributed by atoms with Crippen LogP contribution >= 0.6 is 31.9 Å². The van der Waals surface area contributed by atoms with Crippen LogP contribution in [0.1, 0.15) is 29.6 Å². The van der Waals surface area contributed by atoms with E-state index >= 15 is 0 Å². The minimum absolute atomic E-state index is 0.327. The first kappa shape index (κ1) is 15.8. The Morgan fingerprint density at radius 3 is 1.43 bits per heavy atom. The Labute approximate surface area is 154 Å². The normalized spacial score (nSPS) is 36.6. The highest BCUT2D eigenvalue weighted by Gasteiger charge is 2.51. The monoisotopic (exact) mass is 434 g/mol. The van der Waals surface area contributed by atoms with Crippen LogP contribution in [0.2, 0.25) is 0 Å². The second-order valence-electron chi connectivity index (χ2n) is 6.49. The van der Waals surface area contributed by atoms with Gasteiger partial charge in [-0.2, -0.15) is 0 Å². The lowest BCUT2D eigenvalue weighted by Crippen LogP contribution is -2.53. The Bertz CT molecular complexity index is 591. The zero-order valence-electron chi connectivity index (χ0n) is 12.7. The Morgan fingerprint density at radius 2 is 1.04 bits per heavy atom. The molecule has 23 heavy (non-hydrogen) atoms. The second-order valence-corrected chi connectivity index (χ2v) is 8.84. The summed E-state index contributed by atoms with van der Waals surface area (Å²) in [5.41, 5.74) is 9.92. The minimum atomic E-state index is 0.327. The molecule has 6 atom stereocenters. The predicted octanol–water partition coefficient (Wildman–Crippen LogP) is 4.74. The molecule has 1 saturated carbocycles. The largest absolute Gasteiger partial charge is 0.249 e. The first-order chi connectivity index (χ1) is 11.3. The molecule has 4 heteroatoms. The first-order valence-electron chi connectivity index (χ1n) is 8.15. The SMILES string of the molecule is BrC1CC(Br)C2C(c3ccccc3)NNC(c3ccccc3)C12. The van der Waals surface area contributed by atoms with Crippen LogP contribution in [-0.4, -0.2) is 9.65 Å². The van der Waals surface area contributed by atoms with Crippen molar-refractivity contribution in [3.63, 3.8) is 0 Å². The number of nitrogens with one attached hydrogen (secondary N) is 2. The number of benzene rings is 2. The van der Waals surface area contributed by atoms with Gasteiger partial charge < -0.3 is 0 Å². The summed E-state index contributed by atoms with van der Waals surface area (Å²) in [6.07, 6.45) is 1.16. The van der Waals surface area contributed by atoms with Crippen LogP contribution in [0.25, 0.3) is 0 Å². The number of halogens is 2. The van der Waals surface area contributed by atoms with Crippen LogP contribution in [0.15, 0.2) is 60.7 Å². The average molecular weight is 436 g/mol. The van der Waals surface area contributed by atoms with Crippen molar-refractivity contribution in [1.29, 1.82) is 0 Å². The van der Waals surface area contributed by atoms with Gasteiger partial charge >= 0.3 is 0 Å². The maximum absolute atomic E-state index is 3.96. The van der Waals surface area contributed by atoms with E-state index in [-0.39, 0.29) is 0 Å². The Hall–Kier alpha value is -0.680. The molecule has 4 rings (SSSR count). The zero-order chi connectivity index (χ0) is 15.8. The van der Waals surface area contributed by atoms with Crippen molar-refractivity contribution in [2.75, 3.05) is 0 Å². The second kappa shape index (κ2) is 6.67. The van der Waals surface area contributed by atoms with Gasteiger partial charge in [-0.25, -0.2) is 10.9 Å². The van der Waals surface area contributed by atoms with Gasteiger partial charge in [0.2, 0.25) is 0 Å². The standard InChI is InChI=1S/C19H20Br2N2/c20-14-11-15(21)17-16(14)18(12-7-3-1-4-8-12)22-23-19(17)13-9-5-2-6-10-13/h1-10,14-19,22-23H,11H2. The molecule has 0 amide bonds. The van der Waals surface area contributed by atoms with Crippen molar-refractivity contribution in [3.05, 3.63) is 71.8 Å². The van der Waals surface area contributed by atoms with E-state index in [2.05, 4.69) is 103 Å². The molecule has 2 aliphatic rings. The number of alkyl halides is 2. The molecule has 1 aliphatic carbocycles. The summed E-state index contributed by atoms with van der Waals surface area (Å²) in [5.74, 6) is 1.10. The van der Waals surface area contributed by atoms with Gasteiger partial charge in [0.05, 0.1) is 12.1 Å². The van der Waals surface area contributed by atoms with E-state index in [4.69, 9.17) is 0 Å². The first-order valence-corrected chi connectivity index (χ1v) is 9.98. The van der Waals surface area contributed by atoms with Gasteiger partial charge in [0.1, 0.15) is 0 Å². The molecule has 1 aliphatic heterocycles. The van der Waals surface area contributed by atoms with E-state index in [1.807, 2.05) is 0 Å². The highest BCUT2D eigenvalue weighted by Crippen LogP contribution is 2.53. The average Bonchev–Trinajstić information content (AvgIpc) is 2.91. The summed E-state index contributed by atoms with van der Waals surface area (Å²) in [7, 11) is 0. The Kier molecular flexibility index (Phi) is 4.59. The van der Waals surface area contributed by atoms with Crippen LogP contribution in [-0.2, 0) is 0 Å². The summed E-state index contributed by atoms with van der Waals surface area (Å²) in [5, 5.41) is 0. The summed E-state index contributed by atoms with van der Waals surface area (Å²) in [4.78, 5) is 1.03. The van der Waals surface area contributed by atoms with E-state index in [9.17, 15) is 0 Å². The zero-order valence-corrected chi connectivity index (χ0v) is 15.9. The van der Waals surface area contributed by atoms with Crippen molar-refractivity contribution in [3.8, 4) is 0 Å². The molecular formula is C19H20Br2N2. The molecule has 0 spiro atoms. The van der Waals surface area contributed by atoms with Crippen molar-refractivity contribution >= 4 is 31.9 Å². The van der Waals surface area contributed by atoms with Gasteiger partial charge in [0, 0.05) is 9.65 Å². The highest BCUT2D eigenvalue weighted by atomic mass is 79.9. The fourth-order valence-electron chi connectivity index (χ4n) is 4.18. The number of hydrogen-bond acceptors (Lipinski definition) is 2. The molecule has 2 N–H and O–H groups in total. The molecule has 0 radical (unpaired) electrons. The van der Waals surface area contributed by atoms with Crippen LogP contribution in [0, 0.1) is 11.8 Å². The molecule has 120 valence electrons. The van der Waals surface area contributed by atoms with Crippen molar-refractivity contribution in [2.24, 2.45) is 11.8 Å². The summed E-state index contributed by atoms with van der Waals surface area (Å²) in [6, 6.07) is 22.2. The minimum Gasteiger partial charge on any atom is -0.249 e. The third-order valence-electron chi connectivity index (χ3n) is 5.21. The van der Waals surface area contributed by atoms with Crippen LogP contribution in [0.3, 0.4) is 0 Å². The topological polar surface area (TPSA) is 24.1 Å². The van der Waals surface area contributed by atoms with Gasteiger partial charge in [0.15, 0.2) is 0 Å². The molecule has 2 aromatic rings. The maximum Gasteiger partial charge on any atom is 0.0505 e. The van der Waals surface area contributed by atoms with Gasteiger partial charge in [0.25, 0.3) is 0 Å². The van der Waals surface area contributed by atoms with E-state index < -0.39 is 0 Å². The van der Waals surface area contributed by atoms with Gasteiger partial charge in [-0.3, -0.25) is 0 Å². The molecule has 2 fully saturated rings. The molecular weight excluding hydrogens is 416 g/mol. The number of hydrazine groups is 1. The molecule has 1 heterocycles. The summed E-state index contributed by atoms with van der Waals surface area (Å²) < 4.78 is 0. The van der Waals surface area contributed by atoms with Crippen molar-refractivity contribution < 1.29 is 0 Å². The molecule has 0 aromatic heterocycles. The third-order valence-corrected chi connectivity index (χ3v) is 7.18. The number of hydrogen-bond donors (Lipinski definition) is 2. The fraction of sp³-hybridized carbons (Fsp3) is 0.368. The van der Waals surface area contributed by atoms with Gasteiger partial charge in [-0.15, -0.1) is 0 Å². The maximum atomic E-state index is 3.96. The Balaban J connectivity index is 1.70. The van der Waals surface area contributed by atoms with Crippen LogP contribution in [0.5, 0.6) is 0 Å². The molecule has 2 aromatic carbocycles. The quantitative estimate of drug-likeness (QED) is 0.665. The smallest absolute Gasteiger partial charge is 0.0505 e. The molecule has 1 saturated heterocycles. The van der Waals surface area contributed by atoms with Gasteiger partial charge in [-0.1, -0.05) is 92.5 Å². The van der Waals surface area contributed by atoms with Crippen molar-refractivity contribution in [2.45, 2.75) is 28.2 Å². The summed E-state index contributed by atoms with van der Waals surface area (Å²) >= 11 is 7.92. The highest BCUT2D eigenvalue weighted by molar-refractivity contribution is 9.10.